The molecule has 0 saturated heterocycles. The fraction of sp³-hybridized carbons (Fsp3) is 0.0833. The molecule has 2 aromatic heterocycles. The molecule has 18 heavy (non-hydrogen) atoms. The molecule has 0 aliphatic carbocycles. The van der Waals surface area contributed by atoms with Gasteiger partial charge in [-0.15, -0.1) is 0 Å². The largest absolute Gasteiger partial charge is 0.328 e. The topological polar surface area (TPSA) is 74.8 Å². The van der Waals surface area contributed by atoms with E-state index in [1.54, 1.807) is 19.1 Å². The number of rotatable bonds is 2. The highest BCUT2D eigenvalue weighted by Gasteiger charge is 2.08. The summed E-state index contributed by atoms with van der Waals surface area (Å²) in [7, 11) is 0. The van der Waals surface area contributed by atoms with E-state index in [0.29, 0.717) is 22.1 Å². The maximum atomic E-state index is 11.9. The summed E-state index contributed by atoms with van der Waals surface area (Å²) in [6.07, 6.45) is 1.36. The summed E-state index contributed by atoms with van der Waals surface area (Å²) in [5.74, 6) is -0.321. The fourth-order valence-corrected chi connectivity index (χ4v) is 1.60. The van der Waals surface area contributed by atoms with Gasteiger partial charge in [0, 0.05) is 12.3 Å². The Labute approximate surface area is 108 Å². The minimum atomic E-state index is -0.321. The van der Waals surface area contributed by atoms with Crippen LogP contribution >= 0.6 is 11.6 Å². The van der Waals surface area contributed by atoms with Gasteiger partial charge < -0.3 is 10.3 Å². The zero-order valence-corrected chi connectivity index (χ0v) is 10.3. The van der Waals surface area contributed by atoms with Crippen LogP contribution in [0.2, 0.25) is 5.15 Å². The molecule has 2 rings (SSSR count). The Morgan fingerprint density at radius 2 is 2.11 bits per heavy atom. The molecular formula is C12H10ClN3O2. The maximum absolute atomic E-state index is 11.9. The van der Waals surface area contributed by atoms with Crippen molar-refractivity contribution in [2.75, 3.05) is 5.32 Å². The van der Waals surface area contributed by atoms with Gasteiger partial charge >= 0.3 is 0 Å². The SMILES string of the molecule is Cc1nc(Cl)ccc1NC(=O)c1ccc(=O)[nH]c1. The van der Waals surface area contributed by atoms with Gasteiger partial charge in [0.25, 0.3) is 5.91 Å². The number of anilines is 1. The summed E-state index contributed by atoms with van der Waals surface area (Å²) >= 11 is 5.72. The van der Waals surface area contributed by atoms with Crippen molar-refractivity contribution in [1.29, 1.82) is 0 Å². The summed E-state index contributed by atoms with van der Waals surface area (Å²) in [6.45, 7) is 1.74. The third-order valence-electron chi connectivity index (χ3n) is 2.35. The molecule has 0 spiro atoms. The number of carbonyl (C=O) groups is 1. The van der Waals surface area contributed by atoms with Crippen LogP contribution in [0.3, 0.4) is 0 Å². The number of aromatic amines is 1. The van der Waals surface area contributed by atoms with E-state index in [4.69, 9.17) is 11.6 Å². The Balaban J connectivity index is 2.21. The van der Waals surface area contributed by atoms with E-state index in [0.717, 1.165) is 0 Å². The molecule has 0 unspecified atom stereocenters. The van der Waals surface area contributed by atoms with Crippen LogP contribution in [0.5, 0.6) is 0 Å². The number of H-pyrrole nitrogens is 1. The van der Waals surface area contributed by atoms with Gasteiger partial charge in [-0.05, 0) is 25.1 Å². The highest BCUT2D eigenvalue weighted by Crippen LogP contribution is 2.16. The van der Waals surface area contributed by atoms with Crippen LogP contribution in [0.25, 0.3) is 0 Å². The molecule has 0 aliphatic heterocycles. The number of hydrogen-bond donors (Lipinski definition) is 2. The number of pyridine rings is 2. The second kappa shape index (κ2) is 5.01. The summed E-state index contributed by atoms with van der Waals surface area (Å²) in [5, 5.41) is 3.06. The minimum absolute atomic E-state index is 0.254. The molecule has 2 heterocycles. The maximum Gasteiger partial charge on any atom is 0.257 e. The molecule has 92 valence electrons. The number of nitrogens with zero attached hydrogens (tertiary/aromatic N) is 1. The number of carbonyl (C=O) groups excluding carboxylic acids is 1. The van der Waals surface area contributed by atoms with Crippen molar-refractivity contribution in [2.45, 2.75) is 6.92 Å². The van der Waals surface area contributed by atoms with E-state index < -0.39 is 0 Å². The molecular weight excluding hydrogens is 254 g/mol. The van der Waals surface area contributed by atoms with Crippen molar-refractivity contribution in [3.8, 4) is 0 Å². The lowest BCUT2D eigenvalue weighted by Gasteiger charge is -2.07. The molecule has 5 nitrogen and oxygen atoms in total. The van der Waals surface area contributed by atoms with Crippen molar-refractivity contribution in [3.63, 3.8) is 0 Å². The van der Waals surface area contributed by atoms with Crippen molar-refractivity contribution in [3.05, 3.63) is 57.2 Å². The summed E-state index contributed by atoms with van der Waals surface area (Å²) < 4.78 is 0. The lowest BCUT2D eigenvalue weighted by atomic mass is 10.2. The first kappa shape index (κ1) is 12.3. The van der Waals surface area contributed by atoms with Crippen LogP contribution in [0.4, 0.5) is 5.69 Å². The van der Waals surface area contributed by atoms with E-state index in [9.17, 15) is 9.59 Å². The van der Waals surface area contributed by atoms with Crippen LogP contribution in [0.15, 0.2) is 35.3 Å². The van der Waals surface area contributed by atoms with E-state index in [2.05, 4.69) is 15.3 Å². The first-order chi connectivity index (χ1) is 8.56. The summed E-state index contributed by atoms with van der Waals surface area (Å²) in [5.41, 5.74) is 1.32. The highest BCUT2D eigenvalue weighted by atomic mass is 35.5. The molecule has 6 heteroatoms. The van der Waals surface area contributed by atoms with Gasteiger partial charge in [-0.1, -0.05) is 11.6 Å². The quantitative estimate of drug-likeness (QED) is 0.814. The summed E-state index contributed by atoms with van der Waals surface area (Å²) in [6, 6.07) is 6.01. The van der Waals surface area contributed by atoms with Crippen molar-refractivity contribution in [1.82, 2.24) is 9.97 Å². The smallest absolute Gasteiger partial charge is 0.257 e. The normalized spacial score (nSPS) is 10.1. The number of nitrogens with one attached hydrogen (secondary N) is 2. The minimum Gasteiger partial charge on any atom is -0.328 e. The molecule has 2 aromatic rings. The van der Waals surface area contributed by atoms with E-state index in [-0.39, 0.29) is 11.5 Å². The van der Waals surface area contributed by atoms with Gasteiger partial charge in [0.15, 0.2) is 0 Å². The molecule has 0 aliphatic rings. The van der Waals surface area contributed by atoms with E-state index >= 15 is 0 Å². The highest BCUT2D eigenvalue weighted by molar-refractivity contribution is 6.29. The Kier molecular flexibility index (Phi) is 3.43. The molecule has 0 aromatic carbocycles. The second-order valence-corrected chi connectivity index (χ2v) is 4.05. The number of aromatic nitrogens is 2. The lowest BCUT2D eigenvalue weighted by Crippen LogP contribution is -2.15. The molecule has 2 N–H and O–H groups in total. The zero-order valence-electron chi connectivity index (χ0n) is 9.53. The molecule has 0 bridgehead atoms. The van der Waals surface area contributed by atoms with Gasteiger partial charge in [0.05, 0.1) is 16.9 Å². The molecule has 0 radical (unpaired) electrons. The van der Waals surface area contributed by atoms with E-state index in [1.165, 1.54) is 18.3 Å². The van der Waals surface area contributed by atoms with Crippen molar-refractivity contribution < 1.29 is 4.79 Å². The van der Waals surface area contributed by atoms with Crippen LogP contribution in [-0.2, 0) is 0 Å². The predicted octanol–water partition coefficient (Wildman–Crippen LogP) is 1.98. The van der Waals surface area contributed by atoms with Crippen molar-refractivity contribution >= 4 is 23.2 Å². The molecule has 1 amide bonds. The fourth-order valence-electron chi connectivity index (χ4n) is 1.41. The first-order valence-electron chi connectivity index (χ1n) is 5.19. The van der Waals surface area contributed by atoms with Gasteiger partial charge in [-0.2, -0.15) is 0 Å². The van der Waals surface area contributed by atoms with Crippen molar-refractivity contribution in [2.24, 2.45) is 0 Å². The average molecular weight is 264 g/mol. The molecule has 0 atom stereocenters. The first-order valence-corrected chi connectivity index (χ1v) is 5.57. The van der Waals surface area contributed by atoms with Gasteiger partial charge in [-0.3, -0.25) is 9.59 Å². The van der Waals surface area contributed by atoms with Crippen LogP contribution in [-0.4, -0.2) is 15.9 Å². The third kappa shape index (κ3) is 2.75. The summed E-state index contributed by atoms with van der Waals surface area (Å²) in [4.78, 5) is 29.2. The average Bonchev–Trinajstić information content (AvgIpc) is 2.33. The number of hydrogen-bond acceptors (Lipinski definition) is 3. The Bertz CT molecular complexity index is 632. The molecule has 0 saturated carbocycles. The predicted molar refractivity (Wildman–Crippen MR) is 69.0 cm³/mol. The van der Waals surface area contributed by atoms with Crippen LogP contribution in [0, 0.1) is 6.92 Å². The monoisotopic (exact) mass is 263 g/mol. The van der Waals surface area contributed by atoms with Gasteiger partial charge in [0.2, 0.25) is 5.56 Å². The third-order valence-corrected chi connectivity index (χ3v) is 2.56. The Hall–Kier alpha value is -2.14. The van der Waals surface area contributed by atoms with Crippen LogP contribution in [0.1, 0.15) is 16.1 Å². The number of amides is 1. The zero-order chi connectivity index (χ0) is 13.1. The van der Waals surface area contributed by atoms with E-state index in [1.807, 2.05) is 0 Å². The van der Waals surface area contributed by atoms with Crippen LogP contribution < -0.4 is 10.9 Å². The Morgan fingerprint density at radius 3 is 2.72 bits per heavy atom. The second-order valence-electron chi connectivity index (χ2n) is 3.66. The Morgan fingerprint density at radius 1 is 1.33 bits per heavy atom. The standard InChI is InChI=1S/C12H10ClN3O2/c1-7-9(3-4-10(13)15-7)16-12(18)8-2-5-11(17)14-6-8/h2-6H,1H3,(H,14,17)(H,16,18). The van der Waals surface area contributed by atoms with Gasteiger partial charge in [-0.25, -0.2) is 4.98 Å². The van der Waals surface area contributed by atoms with Gasteiger partial charge in [0.1, 0.15) is 5.15 Å². The number of halogens is 1. The molecule has 0 fully saturated rings. The lowest BCUT2D eigenvalue weighted by molar-refractivity contribution is 0.102. The number of aryl methyl sites for hydroxylation is 1.